The van der Waals surface area contributed by atoms with Crippen molar-refractivity contribution in [3.8, 4) is 6.07 Å². The molecule has 0 saturated carbocycles. The molecule has 2 heterocycles. The summed E-state index contributed by atoms with van der Waals surface area (Å²) in [4.78, 5) is 30.4. The number of nitriles is 1. The normalized spacial score (nSPS) is 21.3. The molecule has 0 radical (unpaired) electrons. The summed E-state index contributed by atoms with van der Waals surface area (Å²) in [6.45, 7) is 4.60. The molecule has 37 heavy (non-hydrogen) atoms. The van der Waals surface area contributed by atoms with Gasteiger partial charge in [-0.05, 0) is 25.5 Å². The van der Waals surface area contributed by atoms with Crippen molar-refractivity contribution in [2.75, 3.05) is 32.8 Å². The van der Waals surface area contributed by atoms with E-state index in [1.165, 1.54) is 22.8 Å². The third-order valence-electron chi connectivity index (χ3n) is 6.80. The zero-order valence-corrected chi connectivity index (χ0v) is 21.3. The van der Waals surface area contributed by atoms with Crippen LogP contribution in [0.5, 0.6) is 0 Å². The Bertz CT molecular complexity index is 1050. The Hall–Kier alpha value is -2.85. The average molecular weight is 518 g/mol. The van der Waals surface area contributed by atoms with Crippen LogP contribution in [0.25, 0.3) is 0 Å². The number of rotatable bonds is 8. The van der Waals surface area contributed by atoms with Crippen molar-refractivity contribution in [2.24, 2.45) is 0 Å². The zero-order valence-electron chi connectivity index (χ0n) is 21.3. The predicted molar refractivity (Wildman–Crippen MR) is 132 cm³/mol. The van der Waals surface area contributed by atoms with Gasteiger partial charge in [-0.15, -0.1) is 0 Å². The second kappa shape index (κ2) is 11.7. The maximum absolute atomic E-state index is 13.8. The van der Waals surface area contributed by atoms with E-state index in [4.69, 9.17) is 4.74 Å². The summed E-state index contributed by atoms with van der Waals surface area (Å²) in [5.41, 5.74) is -0.465. The van der Waals surface area contributed by atoms with Gasteiger partial charge in [-0.1, -0.05) is 30.3 Å². The number of amides is 2. The molecule has 9 nitrogen and oxygen atoms in total. The lowest BCUT2D eigenvalue weighted by molar-refractivity contribution is -0.165. The number of likely N-dealkylation sites (tertiary alicyclic amines) is 1. The summed E-state index contributed by atoms with van der Waals surface area (Å²) in [5, 5.41) is 29.2. The molecule has 2 fully saturated rings. The van der Waals surface area contributed by atoms with Crippen molar-refractivity contribution in [1.29, 1.82) is 5.26 Å². The molecule has 2 aliphatic heterocycles. The molecule has 12 heteroatoms. The molecular weight excluding hydrogens is 485 g/mol. The fourth-order valence-electron chi connectivity index (χ4n) is 4.88. The summed E-state index contributed by atoms with van der Waals surface area (Å²) in [6, 6.07) is 10.0. The Labute approximate surface area is 216 Å². The van der Waals surface area contributed by atoms with Gasteiger partial charge in [0.1, 0.15) is 11.6 Å². The number of nitrogens with zero attached hydrogens (tertiary/aromatic N) is 4. The van der Waals surface area contributed by atoms with Crippen LogP contribution in [0, 0.1) is 11.3 Å². The third kappa shape index (κ3) is 7.14. The summed E-state index contributed by atoms with van der Waals surface area (Å²) in [6.07, 6.45) is 0.0651. The van der Waals surface area contributed by atoms with E-state index in [0.717, 1.165) is 0 Å². The van der Waals surface area contributed by atoms with Gasteiger partial charge in [-0.25, -0.2) is 8.78 Å². The number of benzene rings is 1. The summed E-state index contributed by atoms with van der Waals surface area (Å²) in [5.74, 6) is -3.79. The van der Waals surface area contributed by atoms with Crippen LogP contribution in [-0.4, -0.2) is 94.2 Å². The van der Waals surface area contributed by atoms with Gasteiger partial charge in [0.25, 0.3) is 11.8 Å². The van der Waals surface area contributed by atoms with E-state index in [9.17, 15) is 33.7 Å². The number of carbonyl (C=O) groups is 2. The Morgan fingerprint density at radius 3 is 2.54 bits per heavy atom. The Morgan fingerprint density at radius 1 is 1.32 bits per heavy atom. The number of halogens is 2. The molecular formula is C25H33BF2N4O5. The second-order valence-corrected chi connectivity index (χ2v) is 10.00. The predicted octanol–water partition coefficient (Wildman–Crippen LogP) is 1.80. The zero-order chi connectivity index (χ0) is 27.4. The van der Waals surface area contributed by atoms with Crippen LogP contribution < -0.4 is 0 Å². The van der Waals surface area contributed by atoms with Gasteiger partial charge in [0, 0.05) is 38.3 Å². The molecule has 200 valence electrons. The number of hydrogen-bond acceptors (Lipinski definition) is 7. The van der Waals surface area contributed by atoms with Gasteiger partial charge in [0.05, 0.1) is 25.7 Å². The summed E-state index contributed by atoms with van der Waals surface area (Å²) in [7, 11) is -1.69. The highest BCUT2D eigenvalue weighted by molar-refractivity contribution is 6.41. The van der Waals surface area contributed by atoms with E-state index in [1.54, 1.807) is 49.1 Å². The molecule has 1 aromatic rings. The number of carbonyl (C=O) groups excluding carboxylic acids is 2. The van der Waals surface area contributed by atoms with Gasteiger partial charge < -0.3 is 24.6 Å². The molecule has 2 saturated heterocycles. The average Bonchev–Trinajstić information content (AvgIpc) is 3.22. The lowest BCUT2D eigenvalue weighted by atomic mass is 9.78. The molecule has 0 aliphatic carbocycles. The van der Waals surface area contributed by atoms with Crippen LogP contribution in [0.4, 0.5) is 8.78 Å². The van der Waals surface area contributed by atoms with Crippen molar-refractivity contribution in [2.45, 2.75) is 57.2 Å². The lowest BCUT2D eigenvalue weighted by Crippen LogP contribution is -2.55. The van der Waals surface area contributed by atoms with Crippen molar-refractivity contribution in [3.63, 3.8) is 0 Å². The maximum atomic E-state index is 13.8. The molecule has 2 amide bonds. The highest BCUT2D eigenvalue weighted by atomic mass is 19.3. The van der Waals surface area contributed by atoms with Gasteiger partial charge in [-0.2, -0.15) is 5.26 Å². The van der Waals surface area contributed by atoms with Gasteiger partial charge in [-0.3, -0.25) is 14.5 Å². The molecule has 3 rings (SSSR count). The number of alkyl halides is 2. The minimum atomic E-state index is -2.81. The minimum Gasteiger partial charge on any atom is -0.427 e. The van der Waals surface area contributed by atoms with E-state index in [0.29, 0.717) is 5.56 Å². The molecule has 1 aromatic carbocycles. The first-order valence-corrected chi connectivity index (χ1v) is 12.2. The first-order chi connectivity index (χ1) is 17.3. The molecule has 2 aliphatic rings. The van der Waals surface area contributed by atoms with Crippen LogP contribution in [0.3, 0.4) is 0 Å². The fraction of sp³-hybridized carbons (Fsp3) is 0.560. The molecule has 0 aromatic heterocycles. The van der Waals surface area contributed by atoms with E-state index in [1.807, 2.05) is 6.07 Å². The highest BCUT2D eigenvalue weighted by Gasteiger charge is 2.44. The standard InChI is InChI=1S/C25H33BF2N4O5/c1-18(33)32(21(14-26(35)36)19-7-5-4-6-8-19)22-16-30(11-12-37-22)23(34)20(15-29)13-24(2,3)31-10-9-25(27,28)17-31/h4-8,13,21-22,35-36H,9-12,14,16-17H2,1-3H3/t21-,22-/m1/s1. The fourth-order valence-corrected chi connectivity index (χ4v) is 4.88. The molecule has 2 N–H and O–H groups in total. The Balaban J connectivity index is 1.83. The van der Waals surface area contributed by atoms with E-state index in [2.05, 4.69) is 0 Å². The van der Waals surface area contributed by atoms with E-state index >= 15 is 0 Å². The van der Waals surface area contributed by atoms with Crippen LogP contribution in [0.2, 0.25) is 6.32 Å². The Kier molecular flexibility index (Phi) is 9.07. The first kappa shape index (κ1) is 28.7. The smallest absolute Gasteiger partial charge is 0.427 e. The lowest BCUT2D eigenvalue weighted by Gasteiger charge is -2.42. The van der Waals surface area contributed by atoms with Crippen LogP contribution in [0.1, 0.15) is 38.8 Å². The van der Waals surface area contributed by atoms with Gasteiger partial charge >= 0.3 is 7.12 Å². The van der Waals surface area contributed by atoms with Crippen LogP contribution >= 0.6 is 0 Å². The molecule has 2 atom stereocenters. The largest absolute Gasteiger partial charge is 0.453 e. The highest BCUT2D eigenvalue weighted by Crippen LogP contribution is 2.33. The number of hydrogen-bond donors (Lipinski definition) is 2. The molecule has 0 spiro atoms. The topological polar surface area (TPSA) is 117 Å². The quantitative estimate of drug-likeness (QED) is 0.306. The van der Waals surface area contributed by atoms with Crippen molar-refractivity contribution >= 4 is 18.9 Å². The summed E-state index contributed by atoms with van der Waals surface area (Å²) < 4.78 is 33.4. The van der Waals surface area contributed by atoms with Gasteiger partial charge in [0.15, 0.2) is 6.23 Å². The second-order valence-electron chi connectivity index (χ2n) is 10.00. The SMILES string of the molecule is CC(=O)N([C@H](CB(O)O)c1ccccc1)[C@H]1CN(C(=O)C(C#N)=CC(C)(C)N2CCC(F)(F)C2)CCO1. The van der Waals surface area contributed by atoms with Crippen molar-refractivity contribution in [1.82, 2.24) is 14.7 Å². The monoisotopic (exact) mass is 518 g/mol. The van der Waals surface area contributed by atoms with E-state index in [-0.39, 0.29) is 50.5 Å². The maximum Gasteiger partial charge on any atom is 0.453 e. The van der Waals surface area contributed by atoms with E-state index < -0.39 is 43.3 Å². The molecule has 0 bridgehead atoms. The number of ether oxygens (including phenoxy) is 1. The summed E-state index contributed by atoms with van der Waals surface area (Å²) >= 11 is 0. The number of morpholine rings is 1. The molecule has 0 unspecified atom stereocenters. The minimum absolute atomic E-state index is 0.0511. The first-order valence-electron chi connectivity index (χ1n) is 12.2. The van der Waals surface area contributed by atoms with Crippen molar-refractivity contribution < 1.29 is 33.2 Å². The van der Waals surface area contributed by atoms with Gasteiger partial charge in [0.2, 0.25) is 5.91 Å². The van der Waals surface area contributed by atoms with Crippen LogP contribution in [-0.2, 0) is 14.3 Å². The third-order valence-corrected chi connectivity index (χ3v) is 6.80. The van der Waals surface area contributed by atoms with Crippen molar-refractivity contribution in [3.05, 3.63) is 47.5 Å². The van der Waals surface area contributed by atoms with Crippen LogP contribution in [0.15, 0.2) is 42.0 Å². The Morgan fingerprint density at radius 2 is 2.00 bits per heavy atom.